The molecule has 1 aromatic carbocycles. The van der Waals surface area contributed by atoms with E-state index >= 15 is 0 Å². The van der Waals surface area contributed by atoms with Crippen LogP contribution in [0.2, 0.25) is 0 Å². The highest BCUT2D eigenvalue weighted by molar-refractivity contribution is 5.64. The van der Waals surface area contributed by atoms with Crippen LogP contribution in [0.3, 0.4) is 0 Å². The third-order valence-corrected chi connectivity index (χ3v) is 5.98. The minimum Gasteiger partial charge on any atom is -0.446 e. The summed E-state index contributed by atoms with van der Waals surface area (Å²) in [6.45, 7) is 2.59. The van der Waals surface area contributed by atoms with Gasteiger partial charge in [0, 0.05) is 42.9 Å². The molecule has 3 rings (SSSR count). The molecule has 2 heterocycles. The summed E-state index contributed by atoms with van der Waals surface area (Å²) in [7, 11) is 2.22. The van der Waals surface area contributed by atoms with E-state index in [0.717, 1.165) is 47.8 Å². The van der Waals surface area contributed by atoms with Crippen LogP contribution in [-0.4, -0.2) is 40.7 Å². The Morgan fingerprint density at radius 1 is 1.38 bits per heavy atom. The molecule has 0 spiro atoms. The van der Waals surface area contributed by atoms with Crippen molar-refractivity contribution in [2.45, 2.75) is 57.3 Å². The summed E-state index contributed by atoms with van der Waals surface area (Å²) in [5.41, 5.74) is 7.11. The number of nitrogens with two attached hydrogens (primary N) is 1. The van der Waals surface area contributed by atoms with Gasteiger partial charge < -0.3 is 15.0 Å². The largest absolute Gasteiger partial charge is 0.446 e. The molecule has 2 fully saturated rings. The molecule has 1 aromatic rings. The molecule has 2 saturated heterocycles. The molecule has 0 aliphatic carbocycles. The van der Waals surface area contributed by atoms with Gasteiger partial charge in [0.05, 0.1) is 24.1 Å². The molecule has 2 aliphatic rings. The molecule has 0 radical (unpaired) electrons. The van der Waals surface area contributed by atoms with E-state index in [1.807, 2.05) is 13.0 Å². The number of carbonyl (C=O) groups excluding carboxylic acids is 1. The van der Waals surface area contributed by atoms with Gasteiger partial charge in [-0.05, 0) is 6.92 Å². The van der Waals surface area contributed by atoms with E-state index < -0.39 is 6.09 Å². The molecule has 0 aromatic heterocycles. The monoisotopic (exact) mass is 334 g/mol. The first kappa shape index (κ1) is 16.7. The number of primary amides is 1. The summed E-state index contributed by atoms with van der Waals surface area (Å²) in [5.74, 6) is 0. The number of hydrogen-bond donors (Lipinski definition) is 1. The second kappa shape index (κ2) is 6.05. The standard InChI is InChI=1S/C17H23N3O4/c1-11-12(4-3-5-16(11)19(22)23)10-20(2)13-6-7-14(20)9-15(8-13)24-17(18)21/h3-5,13-15H,6-10H2,1-2H3,(H-,18,21)/p+1. The van der Waals surface area contributed by atoms with Crippen LogP contribution in [0, 0.1) is 17.0 Å². The smallest absolute Gasteiger partial charge is 0.404 e. The number of rotatable bonds is 4. The van der Waals surface area contributed by atoms with E-state index in [-0.39, 0.29) is 16.7 Å². The Balaban J connectivity index is 1.82. The summed E-state index contributed by atoms with van der Waals surface area (Å²) in [5, 5.41) is 11.2. The molecular formula is C17H24N3O4+. The minimum atomic E-state index is -0.704. The Morgan fingerprint density at radius 2 is 2.00 bits per heavy atom. The number of nitrogens with zero attached hydrogens (tertiary/aromatic N) is 2. The van der Waals surface area contributed by atoms with Crippen LogP contribution in [0.25, 0.3) is 0 Å². The van der Waals surface area contributed by atoms with Gasteiger partial charge in [0.1, 0.15) is 12.6 Å². The van der Waals surface area contributed by atoms with Crippen molar-refractivity contribution < 1.29 is 18.9 Å². The number of hydrogen-bond acceptors (Lipinski definition) is 4. The third-order valence-electron chi connectivity index (χ3n) is 5.98. The summed E-state index contributed by atoms with van der Waals surface area (Å²) in [4.78, 5) is 21.9. The van der Waals surface area contributed by atoms with Crippen molar-refractivity contribution in [2.24, 2.45) is 5.73 Å². The summed E-state index contributed by atoms with van der Waals surface area (Å²) < 4.78 is 6.09. The molecule has 0 saturated carbocycles. The van der Waals surface area contributed by atoms with Crippen molar-refractivity contribution in [1.29, 1.82) is 0 Å². The van der Waals surface area contributed by atoms with Crippen LogP contribution in [0.1, 0.15) is 36.8 Å². The lowest BCUT2D eigenvalue weighted by Crippen LogP contribution is -2.58. The molecule has 1 amide bonds. The summed E-state index contributed by atoms with van der Waals surface area (Å²) >= 11 is 0. The van der Waals surface area contributed by atoms with Crippen molar-refractivity contribution in [1.82, 2.24) is 0 Å². The van der Waals surface area contributed by atoms with E-state index in [1.165, 1.54) is 0 Å². The summed E-state index contributed by atoms with van der Waals surface area (Å²) in [6, 6.07) is 6.09. The molecule has 2 aliphatic heterocycles. The van der Waals surface area contributed by atoms with Crippen LogP contribution < -0.4 is 5.73 Å². The van der Waals surface area contributed by atoms with Crippen LogP contribution in [0.5, 0.6) is 0 Å². The number of quaternary nitrogens is 1. The Bertz CT molecular complexity index is 662. The zero-order chi connectivity index (χ0) is 17.5. The number of piperidine rings is 1. The predicted octanol–water partition coefficient (Wildman–Crippen LogP) is 2.64. The van der Waals surface area contributed by atoms with Crippen molar-refractivity contribution in [3.63, 3.8) is 0 Å². The maximum absolute atomic E-state index is 11.2. The first-order chi connectivity index (χ1) is 11.3. The lowest BCUT2D eigenvalue weighted by molar-refractivity contribution is -0.961. The van der Waals surface area contributed by atoms with Crippen LogP contribution in [-0.2, 0) is 11.3 Å². The van der Waals surface area contributed by atoms with Crippen LogP contribution in [0.4, 0.5) is 10.5 Å². The minimum absolute atomic E-state index is 0.0996. The van der Waals surface area contributed by atoms with Gasteiger partial charge in [0.25, 0.3) is 5.69 Å². The lowest BCUT2D eigenvalue weighted by atomic mass is 9.94. The van der Waals surface area contributed by atoms with Gasteiger partial charge in [0.2, 0.25) is 0 Å². The van der Waals surface area contributed by atoms with Gasteiger partial charge in [-0.2, -0.15) is 0 Å². The van der Waals surface area contributed by atoms with Gasteiger partial charge in [-0.3, -0.25) is 10.1 Å². The highest BCUT2D eigenvalue weighted by Crippen LogP contribution is 2.44. The Labute approximate surface area is 141 Å². The normalized spacial score (nSPS) is 31.7. The molecule has 130 valence electrons. The number of ether oxygens (including phenoxy) is 1. The van der Waals surface area contributed by atoms with E-state index in [1.54, 1.807) is 12.1 Å². The van der Waals surface area contributed by atoms with Crippen LogP contribution >= 0.6 is 0 Å². The SMILES string of the molecule is Cc1c(C[N+]2(C)C3CCC2CC(OC(N)=O)C3)cccc1[N+](=O)[O-]. The quantitative estimate of drug-likeness (QED) is 0.520. The second-order valence-electron chi connectivity index (χ2n) is 7.24. The Morgan fingerprint density at radius 3 is 2.54 bits per heavy atom. The van der Waals surface area contributed by atoms with Crippen LogP contribution in [0.15, 0.2) is 18.2 Å². The highest BCUT2D eigenvalue weighted by Gasteiger charge is 2.52. The summed E-state index contributed by atoms with van der Waals surface area (Å²) in [6.07, 6.45) is 3.00. The zero-order valence-corrected chi connectivity index (χ0v) is 14.1. The Kier molecular flexibility index (Phi) is 4.21. The molecule has 7 heteroatoms. The van der Waals surface area contributed by atoms with E-state index in [0.29, 0.717) is 12.1 Å². The van der Waals surface area contributed by atoms with Crippen molar-refractivity contribution in [3.05, 3.63) is 39.4 Å². The van der Waals surface area contributed by atoms with Gasteiger partial charge in [-0.1, -0.05) is 12.1 Å². The highest BCUT2D eigenvalue weighted by atomic mass is 16.6. The van der Waals surface area contributed by atoms with Crippen molar-refractivity contribution in [2.75, 3.05) is 7.05 Å². The molecule has 2 N–H and O–H groups in total. The van der Waals surface area contributed by atoms with Gasteiger partial charge in [0.15, 0.2) is 0 Å². The number of benzene rings is 1. The third kappa shape index (κ3) is 2.84. The fourth-order valence-corrected chi connectivity index (χ4v) is 4.62. The predicted molar refractivity (Wildman–Crippen MR) is 88.2 cm³/mol. The van der Waals surface area contributed by atoms with Gasteiger partial charge in [-0.15, -0.1) is 0 Å². The Hall–Kier alpha value is -2.15. The lowest BCUT2D eigenvalue weighted by Gasteiger charge is -2.46. The number of nitro groups is 1. The fraction of sp³-hybridized carbons (Fsp3) is 0.588. The first-order valence-corrected chi connectivity index (χ1v) is 8.35. The molecular weight excluding hydrogens is 310 g/mol. The topological polar surface area (TPSA) is 95.5 Å². The van der Waals surface area contributed by atoms with Gasteiger partial charge in [-0.25, -0.2) is 4.79 Å². The average molecular weight is 334 g/mol. The molecule has 7 nitrogen and oxygen atoms in total. The maximum atomic E-state index is 11.2. The average Bonchev–Trinajstić information content (AvgIpc) is 2.68. The number of nitro benzene ring substituents is 1. The first-order valence-electron chi connectivity index (χ1n) is 8.35. The molecule has 2 unspecified atom stereocenters. The van der Waals surface area contributed by atoms with E-state index in [9.17, 15) is 14.9 Å². The fourth-order valence-electron chi connectivity index (χ4n) is 4.62. The van der Waals surface area contributed by atoms with Gasteiger partial charge >= 0.3 is 6.09 Å². The molecule has 24 heavy (non-hydrogen) atoms. The van der Waals surface area contributed by atoms with E-state index in [4.69, 9.17) is 10.5 Å². The zero-order valence-electron chi connectivity index (χ0n) is 14.1. The number of amides is 1. The van der Waals surface area contributed by atoms with Crippen molar-refractivity contribution in [3.8, 4) is 0 Å². The maximum Gasteiger partial charge on any atom is 0.404 e. The molecule has 2 atom stereocenters. The van der Waals surface area contributed by atoms with E-state index in [2.05, 4.69) is 7.05 Å². The molecule has 2 bridgehead atoms. The number of fused-ring (bicyclic) bond motifs is 2. The second-order valence-corrected chi connectivity index (χ2v) is 7.24. The number of carbonyl (C=O) groups is 1. The van der Waals surface area contributed by atoms with Crippen molar-refractivity contribution >= 4 is 11.8 Å².